The molecule has 0 spiro atoms. The van der Waals surface area contributed by atoms with E-state index in [4.69, 9.17) is 0 Å². The van der Waals surface area contributed by atoms with E-state index in [1.165, 1.54) is 12.1 Å². The fourth-order valence-electron chi connectivity index (χ4n) is 2.33. The van der Waals surface area contributed by atoms with Crippen LogP contribution in [0.3, 0.4) is 0 Å². The zero-order valence-corrected chi connectivity index (χ0v) is 11.3. The van der Waals surface area contributed by atoms with E-state index in [1.54, 1.807) is 0 Å². The lowest BCUT2D eigenvalue weighted by atomic mass is 9.92. The lowest BCUT2D eigenvalue weighted by Gasteiger charge is -2.24. The standard InChI is InChI=1S/C14H17F3OS/c15-14(16,17)12-3-1-11(2-4-12)13(18)9-10-5-7-19-8-6-10/h1-4,10,13,18H,5-9H2. The molecule has 0 amide bonds. The van der Waals surface area contributed by atoms with Crippen LogP contribution in [0.15, 0.2) is 24.3 Å². The average molecular weight is 290 g/mol. The van der Waals surface area contributed by atoms with E-state index in [9.17, 15) is 18.3 Å². The highest BCUT2D eigenvalue weighted by Gasteiger charge is 2.30. The van der Waals surface area contributed by atoms with Crippen LogP contribution in [-0.2, 0) is 6.18 Å². The van der Waals surface area contributed by atoms with Gasteiger partial charge < -0.3 is 5.11 Å². The molecule has 0 radical (unpaired) electrons. The molecular weight excluding hydrogens is 273 g/mol. The van der Waals surface area contributed by atoms with Crippen molar-refractivity contribution in [3.05, 3.63) is 35.4 Å². The Bertz CT molecular complexity index is 396. The van der Waals surface area contributed by atoms with Crippen molar-refractivity contribution in [3.8, 4) is 0 Å². The van der Waals surface area contributed by atoms with Crippen LogP contribution in [0.5, 0.6) is 0 Å². The highest BCUT2D eigenvalue weighted by molar-refractivity contribution is 7.99. The molecule has 5 heteroatoms. The van der Waals surface area contributed by atoms with E-state index < -0.39 is 17.8 Å². The normalized spacial score (nSPS) is 19.4. The number of aliphatic hydroxyl groups excluding tert-OH is 1. The fourth-order valence-corrected chi connectivity index (χ4v) is 3.53. The lowest BCUT2D eigenvalue weighted by Crippen LogP contribution is -2.13. The Morgan fingerprint density at radius 2 is 1.74 bits per heavy atom. The molecule has 1 saturated heterocycles. The van der Waals surface area contributed by atoms with Crippen LogP contribution in [0.2, 0.25) is 0 Å². The summed E-state index contributed by atoms with van der Waals surface area (Å²) in [5.74, 6) is 2.72. The highest BCUT2D eigenvalue weighted by Crippen LogP contribution is 2.33. The van der Waals surface area contributed by atoms with Crippen molar-refractivity contribution in [2.24, 2.45) is 5.92 Å². The largest absolute Gasteiger partial charge is 0.416 e. The second-order valence-electron chi connectivity index (χ2n) is 4.93. The Hall–Kier alpha value is -0.680. The Morgan fingerprint density at radius 3 is 2.26 bits per heavy atom. The molecule has 1 nitrogen and oxygen atoms in total. The summed E-state index contributed by atoms with van der Waals surface area (Å²) in [4.78, 5) is 0. The number of alkyl halides is 3. The molecule has 19 heavy (non-hydrogen) atoms. The molecule has 1 heterocycles. The van der Waals surface area contributed by atoms with E-state index in [0.29, 0.717) is 17.9 Å². The predicted octanol–water partition coefficient (Wildman–Crippen LogP) is 4.27. The van der Waals surface area contributed by atoms with Crippen molar-refractivity contribution in [1.82, 2.24) is 0 Å². The van der Waals surface area contributed by atoms with Crippen molar-refractivity contribution in [2.45, 2.75) is 31.5 Å². The molecular formula is C14H17F3OS. The summed E-state index contributed by atoms with van der Waals surface area (Å²) < 4.78 is 37.3. The van der Waals surface area contributed by atoms with Crippen molar-refractivity contribution in [1.29, 1.82) is 0 Å². The van der Waals surface area contributed by atoms with Crippen LogP contribution in [-0.4, -0.2) is 16.6 Å². The second kappa shape index (κ2) is 6.18. The highest BCUT2D eigenvalue weighted by atomic mass is 32.2. The summed E-state index contributed by atoms with van der Waals surface area (Å²) in [6.07, 6.45) is -2.16. The van der Waals surface area contributed by atoms with Gasteiger partial charge in [0.2, 0.25) is 0 Å². The van der Waals surface area contributed by atoms with Gasteiger partial charge in [-0.15, -0.1) is 0 Å². The SMILES string of the molecule is OC(CC1CCSCC1)c1ccc(C(F)(F)F)cc1. The number of halogens is 3. The Labute approximate surface area is 115 Å². The quantitative estimate of drug-likeness (QED) is 0.897. The third kappa shape index (κ3) is 4.14. The molecule has 0 aromatic heterocycles. The number of hydrogen-bond acceptors (Lipinski definition) is 2. The molecule has 0 bridgehead atoms. The van der Waals surface area contributed by atoms with Crippen molar-refractivity contribution in [2.75, 3.05) is 11.5 Å². The Kier molecular flexibility index (Phi) is 4.79. The molecule has 0 aliphatic carbocycles. The summed E-state index contributed by atoms with van der Waals surface area (Å²) in [5, 5.41) is 10.1. The monoisotopic (exact) mass is 290 g/mol. The van der Waals surface area contributed by atoms with Crippen LogP contribution in [0.1, 0.15) is 36.5 Å². The Morgan fingerprint density at radius 1 is 1.16 bits per heavy atom. The first-order valence-electron chi connectivity index (χ1n) is 6.40. The number of thioether (sulfide) groups is 1. The topological polar surface area (TPSA) is 20.2 Å². The van der Waals surface area contributed by atoms with Gasteiger partial charge in [-0.1, -0.05) is 12.1 Å². The third-order valence-electron chi connectivity index (χ3n) is 3.52. The molecule has 1 aliphatic heterocycles. The maximum Gasteiger partial charge on any atom is 0.416 e. The first kappa shape index (κ1) is 14.7. The molecule has 1 unspecified atom stereocenters. The summed E-state index contributed by atoms with van der Waals surface area (Å²) >= 11 is 1.92. The van der Waals surface area contributed by atoms with E-state index >= 15 is 0 Å². The van der Waals surface area contributed by atoms with E-state index in [2.05, 4.69) is 0 Å². The average Bonchev–Trinajstić information content (AvgIpc) is 2.39. The van der Waals surface area contributed by atoms with Gasteiger partial charge in [-0.3, -0.25) is 0 Å². The van der Waals surface area contributed by atoms with E-state index in [0.717, 1.165) is 36.5 Å². The minimum atomic E-state index is -4.32. The van der Waals surface area contributed by atoms with Crippen molar-refractivity contribution >= 4 is 11.8 Å². The zero-order valence-electron chi connectivity index (χ0n) is 10.5. The number of rotatable bonds is 3. The van der Waals surface area contributed by atoms with E-state index in [-0.39, 0.29) is 0 Å². The van der Waals surface area contributed by atoms with Gasteiger partial charge >= 0.3 is 6.18 Å². The first-order valence-corrected chi connectivity index (χ1v) is 7.55. The number of benzene rings is 1. The maximum atomic E-state index is 12.4. The van der Waals surface area contributed by atoms with Gasteiger partial charge in [0.1, 0.15) is 0 Å². The minimum absolute atomic E-state index is 0.485. The molecule has 1 atom stereocenters. The second-order valence-corrected chi connectivity index (χ2v) is 6.15. The van der Waals surface area contributed by atoms with Gasteiger partial charge in [-0.25, -0.2) is 0 Å². The smallest absolute Gasteiger partial charge is 0.388 e. The minimum Gasteiger partial charge on any atom is -0.388 e. The molecule has 0 saturated carbocycles. The summed E-state index contributed by atoms with van der Waals surface area (Å²) in [7, 11) is 0. The fraction of sp³-hybridized carbons (Fsp3) is 0.571. The zero-order chi connectivity index (χ0) is 13.9. The van der Waals surface area contributed by atoms with Crippen LogP contribution < -0.4 is 0 Å². The van der Waals surface area contributed by atoms with Crippen molar-refractivity contribution < 1.29 is 18.3 Å². The van der Waals surface area contributed by atoms with Crippen LogP contribution in [0, 0.1) is 5.92 Å². The van der Waals surface area contributed by atoms with Gasteiger partial charge in [0, 0.05) is 0 Å². The first-order chi connectivity index (χ1) is 8.97. The van der Waals surface area contributed by atoms with Crippen LogP contribution in [0.25, 0.3) is 0 Å². The molecule has 1 N–H and O–H groups in total. The molecule has 1 fully saturated rings. The van der Waals surface area contributed by atoms with Crippen molar-refractivity contribution in [3.63, 3.8) is 0 Å². The summed E-state index contributed by atoms with van der Waals surface area (Å²) in [6, 6.07) is 4.83. The van der Waals surface area contributed by atoms with Crippen LogP contribution in [0.4, 0.5) is 13.2 Å². The molecule has 1 aromatic rings. The predicted molar refractivity (Wildman–Crippen MR) is 71.1 cm³/mol. The van der Waals surface area contributed by atoms with Gasteiger partial charge in [0.05, 0.1) is 11.7 Å². The third-order valence-corrected chi connectivity index (χ3v) is 4.57. The maximum absolute atomic E-state index is 12.4. The van der Waals surface area contributed by atoms with E-state index in [1.807, 2.05) is 11.8 Å². The summed E-state index contributed by atoms with van der Waals surface area (Å²) in [5.41, 5.74) is -0.0938. The number of aliphatic hydroxyl groups is 1. The summed E-state index contributed by atoms with van der Waals surface area (Å²) in [6.45, 7) is 0. The molecule has 2 rings (SSSR count). The van der Waals surface area contributed by atoms with Gasteiger partial charge in [0.25, 0.3) is 0 Å². The van der Waals surface area contributed by atoms with Gasteiger partial charge in [-0.05, 0) is 54.4 Å². The number of hydrogen-bond donors (Lipinski definition) is 1. The van der Waals surface area contributed by atoms with Crippen LogP contribution >= 0.6 is 11.8 Å². The Balaban J connectivity index is 1.97. The van der Waals surface area contributed by atoms with Gasteiger partial charge in [-0.2, -0.15) is 24.9 Å². The molecule has 1 aromatic carbocycles. The molecule has 106 valence electrons. The lowest BCUT2D eigenvalue weighted by molar-refractivity contribution is -0.137. The van der Waals surface area contributed by atoms with Gasteiger partial charge in [0.15, 0.2) is 0 Å². The molecule has 1 aliphatic rings.